The molecule has 6 nitrogen and oxygen atoms in total. The number of hydrogen-bond donors (Lipinski definition) is 1. The van der Waals surface area contributed by atoms with Gasteiger partial charge in [-0.1, -0.05) is 11.3 Å². The van der Waals surface area contributed by atoms with Crippen molar-refractivity contribution in [1.82, 2.24) is 4.98 Å². The Balaban J connectivity index is 2.14. The van der Waals surface area contributed by atoms with Gasteiger partial charge in [0.05, 0.1) is 13.2 Å². The fraction of sp³-hybridized carbons (Fsp3) is 0.643. The zero-order valence-electron chi connectivity index (χ0n) is 12.5. The Morgan fingerprint density at radius 1 is 1.57 bits per heavy atom. The van der Waals surface area contributed by atoms with Crippen molar-refractivity contribution in [2.75, 3.05) is 25.1 Å². The SMILES string of the molecule is CCOC(=O)c1nc(NC(C)C2CCOC2)sc1C(C)=O. The van der Waals surface area contributed by atoms with Crippen molar-refractivity contribution in [3.05, 3.63) is 10.6 Å². The van der Waals surface area contributed by atoms with Gasteiger partial charge in [-0.3, -0.25) is 4.79 Å². The molecule has 1 fully saturated rings. The molecule has 1 aliphatic rings. The van der Waals surface area contributed by atoms with Crippen molar-refractivity contribution >= 4 is 28.2 Å². The lowest BCUT2D eigenvalue weighted by atomic mass is 10.0. The first-order valence-electron chi connectivity index (χ1n) is 7.06. The predicted octanol–water partition coefficient (Wildman–Crippen LogP) is 2.36. The third kappa shape index (κ3) is 3.79. The van der Waals surface area contributed by atoms with E-state index in [0.717, 1.165) is 19.6 Å². The van der Waals surface area contributed by atoms with Gasteiger partial charge in [0.1, 0.15) is 4.88 Å². The van der Waals surface area contributed by atoms with Gasteiger partial charge in [0, 0.05) is 25.5 Å². The first-order chi connectivity index (χ1) is 10.0. The highest BCUT2D eigenvalue weighted by Gasteiger charge is 2.26. The number of carbonyl (C=O) groups is 2. The molecule has 2 heterocycles. The van der Waals surface area contributed by atoms with Crippen LogP contribution < -0.4 is 5.32 Å². The van der Waals surface area contributed by atoms with Crippen molar-refractivity contribution < 1.29 is 19.1 Å². The molecule has 0 aliphatic carbocycles. The first-order valence-corrected chi connectivity index (χ1v) is 7.87. The van der Waals surface area contributed by atoms with Gasteiger partial charge in [0.15, 0.2) is 16.6 Å². The van der Waals surface area contributed by atoms with Crippen LogP contribution in [-0.4, -0.2) is 42.6 Å². The second kappa shape index (κ2) is 7.00. The van der Waals surface area contributed by atoms with E-state index in [1.807, 2.05) is 0 Å². The molecule has 0 radical (unpaired) electrons. The number of nitrogens with zero attached hydrogens (tertiary/aromatic N) is 1. The number of ketones is 1. The topological polar surface area (TPSA) is 77.5 Å². The molecule has 1 aliphatic heterocycles. The van der Waals surface area contributed by atoms with E-state index in [1.165, 1.54) is 18.3 Å². The summed E-state index contributed by atoms with van der Waals surface area (Å²) >= 11 is 1.20. The molecule has 21 heavy (non-hydrogen) atoms. The van der Waals surface area contributed by atoms with Crippen LogP contribution in [0.5, 0.6) is 0 Å². The molecule has 2 rings (SSSR count). The summed E-state index contributed by atoms with van der Waals surface area (Å²) in [5.41, 5.74) is 0.103. The third-order valence-corrected chi connectivity index (χ3v) is 4.53. The number of hydrogen-bond acceptors (Lipinski definition) is 7. The molecule has 2 atom stereocenters. The van der Waals surface area contributed by atoms with Crippen molar-refractivity contribution in [1.29, 1.82) is 0 Å². The molecule has 1 aromatic rings. The molecule has 0 aromatic carbocycles. The van der Waals surface area contributed by atoms with Crippen LogP contribution in [0.25, 0.3) is 0 Å². The first kappa shape index (κ1) is 15.9. The van der Waals surface area contributed by atoms with Crippen molar-refractivity contribution in [2.45, 2.75) is 33.2 Å². The monoisotopic (exact) mass is 312 g/mol. The maximum atomic E-state index is 11.8. The number of nitrogens with one attached hydrogen (secondary N) is 1. The number of ether oxygens (including phenoxy) is 2. The minimum absolute atomic E-state index is 0.103. The van der Waals surface area contributed by atoms with E-state index in [0.29, 0.717) is 15.9 Å². The zero-order valence-corrected chi connectivity index (χ0v) is 13.3. The fourth-order valence-corrected chi connectivity index (χ4v) is 3.16. The van der Waals surface area contributed by atoms with Gasteiger partial charge in [0.25, 0.3) is 0 Å². The van der Waals surface area contributed by atoms with E-state index in [1.54, 1.807) is 6.92 Å². The lowest BCUT2D eigenvalue weighted by Gasteiger charge is -2.18. The van der Waals surface area contributed by atoms with Crippen LogP contribution in [-0.2, 0) is 9.47 Å². The number of esters is 1. The van der Waals surface area contributed by atoms with E-state index in [4.69, 9.17) is 9.47 Å². The fourth-order valence-electron chi connectivity index (χ4n) is 2.22. The summed E-state index contributed by atoms with van der Waals surface area (Å²) < 4.78 is 10.3. The number of Topliss-reactive ketones (excluding diaryl/α,β-unsaturated/α-hetero) is 1. The number of aromatic nitrogens is 1. The third-order valence-electron chi connectivity index (χ3n) is 3.44. The molecule has 0 saturated carbocycles. The van der Waals surface area contributed by atoms with Crippen molar-refractivity contribution in [3.63, 3.8) is 0 Å². The highest BCUT2D eigenvalue weighted by atomic mass is 32.1. The Bertz CT molecular complexity index is 523. The summed E-state index contributed by atoms with van der Waals surface area (Å²) in [4.78, 5) is 28.1. The largest absolute Gasteiger partial charge is 0.461 e. The number of rotatable bonds is 6. The number of thiazole rings is 1. The van der Waals surface area contributed by atoms with Crippen LogP contribution >= 0.6 is 11.3 Å². The minimum atomic E-state index is -0.552. The van der Waals surface area contributed by atoms with Crippen molar-refractivity contribution in [3.8, 4) is 0 Å². The average Bonchev–Trinajstić information content (AvgIpc) is 3.07. The minimum Gasteiger partial charge on any atom is -0.461 e. The summed E-state index contributed by atoms with van der Waals surface area (Å²) in [6.07, 6.45) is 1.00. The number of anilines is 1. The molecule has 116 valence electrons. The molecular weight excluding hydrogens is 292 g/mol. The second-order valence-electron chi connectivity index (χ2n) is 5.03. The van der Waals surface area contributed by atoms with Gasteiger partial charge in [-0.25, -0.2) is 9.78 Å². The van der Waals surface area contributed by atoms with Crippen LogP contribution in [0.3, 0.4) is 0 Å². The molecule has 0 spiro atoms. The van der Waals surface area contributed by atoms with Gasteiger partial charge < -0.3 is 14.8 Å². The summed E-state index contributed by atoms with van der Waals surface area (Å²) in [6.45, 7) is 6.96. The highest BCUT2D eigenvalue weighted by Crippen LogP contribution is 2.27. The van der Waals surface area contributed by atoms with Gasteiger partial charge in [-0.2, -0.15) is 0 Å². The molecule has 2 unspecified atom stereocenters. The van der Waals surface area contributed by atoms with Gasteiger partial charge in [-0.15, -0.1) is 0 Å². The van der Waals surface area contributed by atoms with Crippen molar-refractivity contribution in [2.24, 2.45) is 5.92 Å². The van der Waals surface area contributed by atoms with Crippen LogP contribution in [0.4, 0.5) is 5.13 Å². The van der Waals surface area contributed by atoms with E-state index >= 15 is 0 Å². The Morgan fingerprint density at radius 3 is 2.90 bits per heavy atom. The van der Waals surface area contributed by atoms with Crippen LogP contribution in [0, 0.1) is 5.92 Å². The molecule has 1 N–H and O–H groups in total. The van der Waals surface area contributed by atoms with Crippen LogP contribution in [0.15, 0.2) is 0 Å². The Labute approximate surface area is 127 Å². The smallest absolute Gasteiger partial charge is 0.358 e. The predicted molar refractivity (Wildman–Crippen MR) is 80.1 cm³/mol. The quantitative estimate of drug-likeness (QED) is 0.642. The van der Waals surface area contributed by atoms with Gasteiger partial charge in [-0.05, 0) is 20.3 Å². The number of carbonyl (C=O) groups excluding carboxylic acids is 2. The van der Waals surface area contributed by atoms with E-state index in [9.17, 15) is 9.59 Å². The van der Waals surface area contributed by atoms with E-state index < -0.39 is 5.97 Å². The summed E-state index contributed by atoms with van der Waals surface area (Å²) in [5.74, 6) is -0.315. The normalized spacial score (nSPS) is 19.3. The zero-order chi connectivity index (χ0) is 15.4. The molecule has 1 saturated heterocycles. The Kier molecular flexibility index (Phi) is 5.30. The molecule has 0 bridgehead atoms. The Morgan fingerprint density at radius 2 is 2.33 bits per heavy atom. The highest BCUT2D eigenvalue weighted by molar-refractivity contribution is 7.17. The summed E-state index contributed by atoms with van der Waals surface area (Å²) in [7, 11) is 0. The summed E-state index contributed by atoms with van der Waals surface area (Å²) in [6, 6.07) is 0.175. The van der Waals surface area contributed by atoms with E-state index in [2.05, 4.69) is 17.2 Å². The molecule has 7 heteroatoms. The van der Waals surface area contributed by atoms with Crippen LogP contribution in [0.1, 0.15) is 47.4 Å². The van der Waals surface area contributed by atoms with Crippen LogP contribution in [0.2, 0.25) is 0 Å². The standard InChI is InChI=1S/C14H20N2O4S/c1-4-20-13(18)11-12(9(3)17)21-14(16-11)15-8(2)10-5-6-19-7-10/h8,10H,4-7H2,1-3H3,(H,15,16). The summed E-state index contributed by atoms with van der Waals surface area (Å²) in [5, 5.41) is 3.84. The lowest BCUT2D eigenvalue weighted by Crippen LogP contribution is -2.26. The van der Waals surface area contributed by atoms with Gasteiger partial charge in [0.2, 0.25) is 0 Å². The molecular formula is C14H20N2O4S. The second-order valence-corrected chi connectivity index (χ2v) is 6.03. The Hall–Kier alpha value is -1.47. The lowest BCUT2D eigenvalue weighted by molar-refractivity contribution is 0.0517. The maximum Gasteiger partial charge on any atom is 0.358 e. The average molecular weight is 312 g/mol. The molecule has 0 amide bonds. The van der Waals surface area contributed by atoms with Gasteiger partial charge >= 0.3 is 5.97 Å². The maximum absolute atomic E-state index is 11.8. The van der Waals surface area contributed by atoms with E-state index in [-0.39, 0.29) is 24.1 Å². The molecule has 1 aromatic heterocycles.